The molecule has 3 N–H and O–H groups in total. The van der Waals surface area contributed by atoms with Crippen LogP contribution in [0.15, 0.2) is 0 Å². The van der Waals surface area contributed by atoms with E-state index >= 15 is 0 Å². The van der Waals surface area contributed by atoms with Crippen molar-refractivity contribution >= 4 is 31.8 Å². The van der Waals surface area contributed by atoms with E-state index in [4.69, 9.17) is 5.73 Å². The molecule has 0 radical (unpaired) electrons. The summed E-state index contributed by atoms with van der Waals surface area (Å²) in [6, 6.07) is -1.51. The Bertz CT molecular complexity index is 623. The molecular weight excluding hydrogens is 360 g/mol. The molecule has 0 bridgehead atoms. The van der Waals surface area contributed by atoms with Gasteiger partial charge in [-0.2, -0.15) is 0 Å². The number of esters is 2. The molecule has 0 saturated heterocycles. The Morgan fingerprint density at radius 2 is 1.58 bits per heavy atom. The third kappa shape index (κ3) is 9.30. The average molecular weight is 386 g/mol. The van der Waals surface area contributed by atoms with E-state index in [0.717, 1.165) is 6.26 Å². The maximum atomic E-state index is 12.3. The van der Waals surface area contributed by atoms with Crippen LogP contribution in [0.1, 0.15) is 39.5 Å². The summed E-state index contributed by atoms with van der Waals surface area (Å²) in [6.45, 7) is 2.98. The summed E-state index contributed by atoms with van der Waals surface area (Å²) in [4.78, 5) is 23.0. The van der Waals surface area contributed by atoms with Gasteiger partial charge < -0.3 is 10.5 Å². The van der Waals surface area contributed by atoms with Crippen LogP contribution in [-0.4, -0.2) is 58.6 Å². The smallest absolute Gasteiger partial charge is 0.331 e. The van der Waals surface area contributed by atoms with E-state index in [1.165, 1.54) is 0 Å². The highest BCUT2D eigenvalue weighted by molar-refractivity contribution is 7.92. The van der Waals surface area contributed by atoms with Crippen molar-refractivity contribution in [2.75, 3.05) is 18.6 Å². The van der Waals surface area contributed by atoms with Crippen molar-refractivity contribution in [3.63, 3.8) is 0 Å². The summed E-state index contributed by atoms with van der Waals surface area (Å²) in [5.41, 5.74) is 5.52. The van der Waals surface area contributed by atoms with Crippen LogP contribution < -0.4 is 10.5 Å². The highest BCUT2D eigenvalue weighted by Crippen LogP contribution is 2.16. The highest BCUT2D eigenvalue weighted by Gasteiger charge is 2.30. The van der Waals surface area contributed by atoms with Gasteiger partial charge in [0.2, 0.25) is 10.0 Å². The molecular formula is C13H26N2O7S2. The van der Waals surface area contributed by atoms with E-state index in [1.54, 1.807) is 0 Å². The first-order chi connectivity index (χ1) is 10.9. The largest absolute Gasteiger partial charge is 0.391 e. The highest BCUT2D eigenvalue weighted by atomic mass is 32.2. The summed E-state index contributed by atoms with van der Waals surface area (Å²) < 4.78 is 52.5. The minimum atomic E-state index is -3.62. The Hall–Kier alpha value is -1.04. The van der Waals surface area contributed by atoms with E-state index in [9.17, 15) is 26.4 Å². The van der Waals surface area contributed by atoms with Gasteiger partial charge in [-0.25, -0.2) is 26.4 Å². The molecule has 0 aromatic carbocycles. The molecule has 0 unspecified atom stereocenters. The summed E-state index contributed by atoms with van der Waals surface area (Å²) in [5, 5.41) is -0.589. The number of carbonyl (C=O) groups is 2. The van der Waals surface area contributed by atoms with Gasteiger partial charge in [0.05, 0.1) is 17.3 Å². The zero-order valence-electron chi connectivity index (χ0n) is 14.1. The molecule has 0 aromatic rings. The fourth-order valence-electron chi connectivity index (χ4n) is 2.02. The summed E-state index contributed by atoms with van der Waals surface area (Å²) in [6.07, 6.45) is 3.13. The predicted molar refractivity (Wildman–Crippen MR) is 89.3 cm³/mol. The number of hydrogen-bond acceptors (Lipinski definition) is 8. The molecule has 0 aliphatic rings. The third-order valence-electron chi connectivity index (χ3n) is 3.14. The van der Waals surface area contributed by atoms with Crippen molar-refractivity contribution in [1.82, 2.24) is 4.72 Å². The van der Waals surface area contributed by atoms with Crippen LogP contribution in [0.5, 0.6) is 0 Å². The maximum Gasteiger partial charge on any atom is 0.331 e. The molecule has 0 aliphatic heterocycles. The molecule has 24 heavy (non-hydrogen) atoms. The second kappa shape index (κ2) is 10.1. The minimum absolute atomic E-state index is 0.467. The normalized spacial score (nSPS) is 13.7. The lowest BCUT2D eigenvalue weighted by Crippen LogP contribution is -2.43. The Labute approximate surface area is 143 Å². The third-order valence-corrected chi connectivity index (χ3v) is 6.12. The Morgan fingerprint density at radius 1 is 1.08 bits per heavy atom. The van der Waals surface area contributed by atoms with E-state index < -0.39 is 55.4 Å². The van der Waals surface area contributed by atoms with E-state index in [0.29, 0.717) is 25.7 Å². The van der Waals surface area contributed by atoms with Gasteiger partial charge in [-0.1, -0.05) is 26.7 Å². The van der Waals surface area contributed by atoms with Crippen molar-refractivity contribution in [3.8, 4) is 0 Å². The maximum absolute atomic E-state index is 12.3. The van der Waals surface area contributed by atoms with Gasteiger partial charge in [-0.3, -0.25) is 4.79 Å². The van der Waals surface area contributed by atoms with Crippen LogP contribution in [0.25, 0.3) is 0 Å². The van der Waals surface area contributed by atoms with Gasteiger partial charge in [-0.05, 0) is 12.8 Å². The fraction of sp³-hybridized carbons (Fsp3) is 0.846. The van der Waals surface area contributed by atoms with Gasteiger partial charge >= 0.3 is 11.9 Å². The Kier molecular flexibility index (Phi) is 9.63. The van der Waals surface area contributed by atoms with Crippen molar-refractivity contribution in [2.45, 2.75) is 50.8 Å². The Morgan fingerprint density at radius 3 is 2.00 bits per heavy atom. The van der Waals surface area contributed by atoms with Gasteiger partial charge in [-0.15, -0.1) is 0 Å². The number of nitrogens with one attached hydrogen (secondary N) is 1. The summed E-state index contributed by atoms with van der Waals surface area (Å²) in [5.74, 6) is -2.98. The van der Waals surface area contributed by atoms with Crippen LogP contribution in [-0.2, 0) is 34.2 Å². The number of hydrogen-bond donors (Lipinski definition) is 2. The van der Waals surface area contributed by atoms with Crippen LogP contribution in [0.4, 0.5) is 0 Å². The van der Waals surface area contributed by atoms with Crippen LogP contribution in [0.3, 0.4) is 0 Å². The van der Waals surface area contributed by atoms with Crippen molar-refractivity contribution in [1.29, 1.82) is 0 Å². The lowest BCUT2D eigenvalue weighted by Gasteiger charge is -2.18. The lowest BCUT2D eigenvalue weighted by molar-refractivity contribution is -0.159. The molecule has 0 aromatic heterocycles. The van der Waals surface area contributed by atoms with Crippen LogP contribution in [0.2, 0.25) is 0 Å². The molecule has 0 fully saturated rings. The van der Waals surface area contributed by atoms with Crippen molar-refractivity contribution in [3.05, 3.63) is 0 Å². The number of ether oxygens (including phenoxy) is 1. The number of sulfonamides is 1. The summed E-state index contributed by atoms with van der Waals surface area (Å²) in [7, 11) is -7.23. The first-order valence-corrected chi connectivity index (χ1v) is 11.2. The molecule has 0 aliphatic carbocycles. The number of nitrogens with two attached hydrogens (primary N) is 1. The molecule has 142 valence electrons. The van der Waals surface area contributed by atoms with Crippen molar-refractivity contribution < 1.29 is 31.2 Å². The fourth-order valence-corrected chi connectivity index (χ4v) is 4.49. The van der Waals surface area contributed by atoms with Crippen LogP contribution >= 0.6 is 0 Å². The molecule has 0 amide bonds. The van der Waals surface area contributed by atoms with E-state index in [2.05, 4.69) is 4.74 Å². The van der Waals surface area contributed by atoms with Crippen molar-refractivity contribution in [2.24, 2.45) is 5.73 Å². The molecule has 11 heteroatoms. The summed E-state index contributed by atoms with van der Waals surface area (Å²) >= 11 is 0. The van der Waals surface area contributed by atoms with E-state index in [-0.39, 0.29) is 0 Å². The molecule has 0 saturated carbocycles. The molecule has 0 rings (SSSR count). The van der Waals surface area contributed by atoms with Gasteiger partial charge in [0.15, 0.2) is 9.84 Å². The molecule has 1 atom stereocenters. The monoisotopic (exact) mass is 386 g/mol. The van der Waals surface area contributed by atoms with Crippen LogP contribution in [0, 0.1) is 0 Å². The lowest BCUT2D eigenvalue weighted by atomic mass is 10.2. The standard InChI is InChI=1S/C13H26N2O7S2/c1-4-6-10(7-5-2)24(20,21)9-11(14)13(17)22-12(16)8-15-23(3,18)19/h10-11,15H,4-9,14H2,1-3H3/t11-/m0/s1. The molecule has 0 spiro atoms. The zero-order chi connectivity index (χ0) is 19.0. The quantitative estimate of drug-likeness (QED) is 0.350. The first kappa shape index (κ1) is 23.0. The predicted octanol–water partition coefficient (Wildman–Crippen LogP) is -0.684. The Balaban J connectivity index is 4.70. The topological polar surface area (TPSA) is 150 Å². The zero-order valence-corrected chi connectivity index (χ0v) is 15.8. The number of rotatable bonds is 11. The minimum Gasteiger partial charge on any atom is -0.391 e. The van der Waals surface area contributed by atoms with E-state index in [1.807, 2.05) is 18.6 Å². The molecule has 9 nitrogen and oxygen atoms in total. The second-order valence-electron chi connectivity index (χ2n) is 5.52. The van der Waals surface area contributed by atoms with Gasteiger partial charge in [0, 0.05) is 0 Å². The second-order valence-corrected chi connectivity index (χ2v) is 9.68. The molecule has 0 heterocycles. The van der Waals surface area contributed by atoms with Gasteiger partial charge in [0.1, 0.15) is 12.6 Å². The first-order valence-electron chi connectivity index (χ1n) is 7.59. The average Bonchev–Trinajstić information content (AvgIpc) is 2.43. The SMILES string of the molecule is CCCC(CCC)S(=O)(=O)C[C@H](N)C(=O)OC(=O)CNS(C)(=O)=O. The number of carbonyl (C=O) groups excluding carboxylic acids is 2. The van der Waals surface area contributed by atoms with Gasteiger partial charge in [0.25, 0.3) is 0 Å². The number of sulfone groups is 1.